The van der Waals surface area contributed by atoms with E-state index in [-0.39, 0.29) is 0 Å². The largest absolute Gasteiger partial charge is 0.365 e. The number of methoxy groups -OCH3 is 2. The van der Waals surface area contributed by atoms with E-state index in [0.29, 0.717) is 0 Å². The average Bonchev–Trinajstić information content (AvgIpc) is 3.28. The van der Waals surface area contributed by atoms with Gasteiger partial charge in [-0.1, -0.05) is 24.3 Å². The topological polar surface area (TPSA) is 70.0 Å². The summed E-state index contributed by atoms with van der Waals surface area (Å²) in [4.78, 5) is 18.7. The van der Waals surface area contributed by atoms with E-state index in [2.05, 4.69) is 19.9 Å². The lowest BCUT2D eigenvalue weighted by molar-refractivity contribution is -0.149. The molecule has 0 bridgehead atoms. The summed E-state index contributed by atoms with van der Waals surface area (Å²) in [6.45, 7) is 0. The van der Waals surface area contributed by atoms with Gasteiger partial charge in [0, 0.05) is 61.3 Å². The van der Waals surface area contributed by atoms with E-state index >= 15 is 0 Å². The summed E-state index contributed by atoms with van der Waals surface area (Å²) in [5.41, 5.74) is 4.82. The van der Waals surface area contributed by atoms with E-state index in [4.69, 9.17) is 9.47 Å². The molecule has 6 heteroatoms. The third-order valence-electron chi connectivity index (χ3n) is 6.30. The maximum atomic E-state index is 6.48. The molecule has 0 aliphatic heterocycles. The van der Waals surface area contributed by atoms with E-state index in [9.17, 15) is 0 Å². The van der Waals surface area contributed by atoms with Crippen LogP contribution in [0.3, 0.4) is 0 Å². The number of pyridine rings is 4. The molecule has 4 aromatic rings. The zero-order valence-electron chi connectivity index (χ0n) is 16.5. The van der Waals surface area contributed by atoms with Crippen LogP contribution in [0.2, 0.25) is 0 Å². The van der Waals surface area contributed by atoms with E-state index in [1.54, 1.807) is 39.0 Å². The highest BCUT2D eigenvalue weighted by Crippen LogP contribution is 2.64. The van der Waals surface area contributed by atoms with Crippen molar-refractivity contribution in [3.63, 3.8) is 0 Å². The molecule has 0 aromatic carbocycles. The molecule has 146 valence electrons. The summed E-state index contributed by atoms with van der Waals surface area (Å²) in [6.07, 6.45) is 7.12. The average molecular weight is 394 g/mol. The van der Waals surface area contributed by atoms with Crippen LogP contribution in [0.1, 0.15) is 22.3 Å². The first-order valence-electron chi connectivity index (χ1n) is 9.72. The molecule has 4 aromatic heterocycles. The second-order valence-electron chi connectivity index (χ2n) is 7.37. The van der Waals surface area contributed by atoms with Crippen LogP contribution in [0.25, 0.3) is 22.8 Å². The van der Waals surface area contributed by atoms with Crippen LogP contribution in [0.5, 0.6) is 0 Å². The molecule has 6 nitrogen and oxygen atoms in total. The Bertz CT molecular complexity index is 1110. The molecular formula is C24H18N4O2. The summed E-state index contributed by atoms with van der Waals surface area (Å²) in [6, 6.07) is 15.8. The van der Waals surface area contributed by atoms with Gasteiger partial charge in [0.15, 0.2) is 11.2 Å². The Hall–Kier alpha value is -3.48. The van der Waals surface area contributed by atoms with Crippen molar-refractivity contribution >= 4 is 0 Å². The summed E-state index contributed by atoms with van der Waals surface area (Å²) >= 11 is 0. The number of nitrogens with zero attached hydrogens (tertiary/aromatic N) is 4. The van der Waals surface area contributed by atoms with Crippen molar-refractivity contribution in [2.75, 3.05) is 14.2 Å². The Kier molecular flexibility index (Phi) is 3.48. The standard InChI is InChI=1S/C24H18N4O2/c1-29-23(15-7-3-11-25-19(15)20-16(23)8-4-12-26-20)24(30-2)17-9-5-13-27-21(17)22-18(24)10-6-14-28-22/h3-14H,1-2H3. The predicted octanol–water partition coefficient (Wildman–Crippen LogP) is 3.71. The number of hydrogen-bond acceptors (Lipinski definition) is 6. The molecule has 0 N–H and O–H groups in total. The van der Waals surface area contributed by atoms with Crippen molar-refractivity contribution in [2.45, 2.75) is 11.2 Å². The Morgan fingerprint density at radius 2 is 0.767 bits per heavy atom. The van der Waals surface area contributed by atoms with Crippen LogP contribution >= 0.6 is 0 Å². The van der Waals surface area contributed by atoms with Gasteiger partial charge in [0.1, 0.15) is 0 Å². The van der Waals surface area contributed by atoms with Gasteiger partial charge in [0.2, 0.25) is 0 Å². The smallest absolute Gasteiger partial charge is 0.159 e. The summed E-state index contributed by atoms with van der Waals surface area (Å²) in [5, 5.41) is 0. The number of ether oxygens (including phenoxy) is 2. The van der Waals surface area contributed by atoms with Gasteiger partial charge in [-0.2, -0.15) is 0 Å². The Balaban J connectivity index is 1.82. The normalized spacial score (nSPS) is 16.5. The third-order valence-corrected chi connectivity index (χ3v) is 6.30. The fourth-order valence-electron chi connectivity index (χ4n) is 5.29. The van der Waals surface area contributed by atoms with Crippen LogP contribution in [0.4, 0.5) is 0 Å². The first-order chi connectivity index (χ1) is 14.8. The monoisotopic (exact) mass is 394 g/mol. The van der Waals surface area contributed by atoms with Crippen LogP contribution in [0, 0.1) is 0 Å². The highest BCUT2D eigenvalue weighted by molar-refractivity contribution is 5.82. The van der Waals surface area contributed by atoms with Crippen molar-refractivity contribution in [2.24, 2.45) is 0 Å². The molecule has 0 spiro atoms. The van der Waals surface area contributed by atoms with Gasteiger partial charge in [-0.25, -0.2) is 0 Å². The van der Waals surface area contributed by atoms with Crippen LogP contribution in [0.15, 0.2) is 73.3 Å². The fourth-order valence-corrected chi connectivity index (χ4v) is 5.29. The minimum Gasteiger partial charge on any atom is -0.365 e. The molecule has 0 amide bonds. The SMILES string of the molecule is COC1(C2(OC)c3cccnc3-c3ncccc32)c2cccnc2-c2ncccc21. The van der Waals surface area contributed by atoms with Crippen molar-refractivity contribution in [3.05, 3.63) is 95.6 Å². The number of fused-ring (bicyclic) bond motifs is 6. The molecule has 0 atom stereocenters. The third kappa shape index (κ3) is 1.77. The van der Waals surface area contributed by atoms with Gasteiger partial charge < -0.3 is 9.47 Å². The van der Waals surface area contributed by atoms with Crippen molar-refractivity contribution in [1.82, 2.24) is 19.9 Å². The molecule has 0 saturated heterocycles. The van der Waals surface area contributed by atoms with E-state index in [1.807, 2.05) is 48.5 Å². The highest BCUT2D eigenvalue weighted by atomic mass is 16.6. The maximum absolute atomic E-state index is 6.48. The second-order valence-corrected chi connectivity index (χ2v) is 7.37. The zero-order valence-corrected chi connectivity index (χ0v) is 16.5. The maximum Gasteiger partial charge on any atom is 0.159 e. The Morgan fingerprint density at radius 1 is 0.500 bits per heavy atom. The molecule has 0 saturated carbocycles. The van der Waals surface area contributed by atoms with Gasteiger partial charge in [-0.15, -0.1) is 0 Å². The summed E-state index contributed by atoms with van der Waals surface area (Å²) in [7, 11) is 3.42. The lowest BCUT2D eigenvalue weighted by atomic mass is 9.70. The molecule has 0 unspecified atom stereocenters. The molecule has 0 radical (unpaired) electrons. The summed E-state index contributed by atoms with van der Waals surface area (Å²) < 4.78 is 13.0. The fraction of sp³-hybridized carbons (Fsp3) is 0.167. The Morgan fingerprint density at radius 3 is 1.00 bits per heavy atom. The molecule has 6 rings (SSSR count). The predicted molar refractivity (Wildman–Crippen MR) is 111 cm³/mol. The van der Waals surface area contributed by atoms with Gasteiger partial charge in [-0.05, 0) is 24.3 Å². The quantitative estimate of drug-likeness (QED) is 0.528. The van der Waals surface area contributed by atoms with Gasteiger partial charge in [0.25, 0.3) is 0 Å². The number of rotatable bonds is 3. The van der Waals surface area contributed by atoms with Crippen molar-refractivity contribution in [1.29, 1.82) is 0 Å². The molecule has 2 aliphatic carbocycles. The number of hydrogen-bond donors (Lipinski definition) is 0. The van der Waals surface area contributed by atoms with E-state index < -0.39 is 11.2 Å². The van der Waals surface area contributed by atoms with Crippen LogP contribution in [-0.4, -0.2) is 34.2 Å². The van der Waals surface area contributed by atoms with E-state index in [1.165, 1.54) is 0 Å². The Labute approximate surface area is 173 Å². The lowest BCUT2D eigenvalue weighted by Crippen LogP contribution is -2.51. The second kappa shape index (κ2) is 6.01. The van der Waals surface area contributed by atoms with Crippen LogP contribution < -0.4 is 0 Å². The van der Waals surface area contributed by atoms with E-state index in [0.717, 1.165) is 45.0 Å². The molecule has 0 fully saturated rings. The highest BCUT2D eigenvalue weighted by Gasteiger charge is 2.65. The molecule has 2 aliphatic rings. The van der Waals surface area contributed by atoms with Gasteiger partial charge in [-0.3, -0.25) is 19.9 Å². The minimum absolute atomic E-state index is 0.800. The lowest BCUT2D eigenvalue weighted by Gasteiger charge is -2.46. The van der Waals surface area contributed by atoms with Gasteiger partial charge in [0.05, 0.1) is 22.8 Å². The molecule has 30 heavy (non-hydrogen) atoms. The first-order valence-corrected chi connectivity index (χ1v) is 9.72. The van der Waals surface area contributed by atoms with Gasteiger partial charge >= 0.3 is 0 Å². The molecular weight excluding hydrogens is 376 g/mol. The first kappa shape index (κ1) is 17.4. The minimum atomic E-state index is -1.01. The summed E-state index contributed by atoms with van der Waals surface area (Å²) in [5.74, 6) is 0. The zero-order chi connectivity index (χ0) is 20.3. The van der Waals surface area contributed by atoms with Crippen molar-refractivity contribution < 1.29 is 9.47 Å². The van der Waals surface area contributed by atoms with Crippen LogP contribution in [-0.2, 0) is 20.7 Å². The molecule has 4 heterocycles. The van der Waals surface area contributed by atoms with Crippen molar-refractivity contribution in [3.8, 4) is 22.8 Å². The number of aromatic nitrogens is 4.